The van der Waals surface area contributed by atoms with Gasteiger partial charge in [-0.15, -0.1) is 0 Å². The fourth-order valence-corrected chi connectivity index (χ4v) is 2.17. The van der Waals surface area contributed by atoms with Crippen LogP contribution in [0.3, 0.4) is 0 Å². The molecule has 15 heavy (non-hydrogen) atoms. The Balaban J connectivity index is 3.77. The molecule has 0 bridgehead atoms. The van der Waals surface area contributed by atoms with Crippen molar-refractivity contribution in [3.8, 4) is 0 Å². The molecule has 0 amide bonds. The average Bonchev–Trinajstić information content (AvgIpc) is 2.23. The molecule has 0 fully saturated rings. The van der Waals surface area contributed by atoms with Gasteiger partial charge in [-0.3, -0.25) is 0 Å². The van der Waals surface area contributed by atoms with Crippen molar-refractivity contribution >= 4 is 46.2 Å². The quantitative estimate of drug-likeness (QED) is 0.477. The van der Waals surface area contributed by atoms with Crippen LogP contribution in [0, 0.1) is 13.1 Å². The Kier molecular flexibility index (Phi) is 3.83. The maximum absolute atomic E-state index is 6.96. The van der Waals surface area contributed by atoms with Crippen LogP contribution in [0.1, 0.15) is 12.5 Å². The second-order valence-electron chi connectivity index (χ2n) is 2.69. The first-order valence-corrected chi connectivity index (χ1v) is 5.16. The van der Waals surface area contributed by atoms with Crippen molar-refractivity contribution in [3.63, 3.8) is 0 Å². The van der Waals surface area contributed by atoms with Crippen molar-refractivity contribution in [3.05, 3.63) is 43.5 Å². The van der Waals surface area contributed by atoms with Crippen molar-refractivity contribution in [1.82, 2.24) is 0 Å². The van der Waals surface area contributed by atoms with Crippen LogP contribution in [0.25, 0.3) is 9.69 Å². The van der Waals surface area contributed by atoms with Gasteiger partial charge in [-0.05, 0) is 12.0 Å². The molecular formula is C10H5Cl3N2. The zero-order valence-electron chi connectivity index (χ0n) is 7.74. The second-order valence-corrected chi connectivity index (χ2v) is 3.83. The summed E-state index contributed by atoms with van der Waals surface area (Å²) in [6, 6.07) is 0. The fraction of sp³-hybridized carbons (Fsp3) is 0.200. The van der Waals surface area contributed by atoms with E-state index in [1.165, 1.54) is 0 Å². The summed E-state index contributed by atoms with van der Waals surface area (Å²) < 4.78 is 0. The van der Waals surface area contributed by atoms with Gasteiger partial charge in [-0.2, -0.15) is 0 Å². The molecule has 0 N–H and O–H groups in total. The Morgan fingerprint density at radius 2 is 1.40 bits per heavy atom. The van der Waals surface area contributed by atoms with Crippen LogP contribution in [-0.2, 0) is 6.42 Å². The minimum Gasteiger partial charge on any atom is -0.248 e. The van der Waals surface area contributed by atoms with Crippen molar-refractivity contribution in [2.75, 3.05) is 0 Å². The van der Waals surface area contributed by atoms with Crippen molar-refractivity contribution in [1.29, 1.82) is 0 Å². The highest BCUT2D eigenvalue weighted by atomic mass is 35.5. The van der Waals surface area contributed by atoms with Crippen molar-refractivity contribution in [2.24, 2.45) is 0 Å². The van der Waals surface area contributed by atoms with Crippen LogP contribution in [0.2, 0.25) is 15.1 Å². The summed E-state index contributed by atoms with van der Waals surface area (Å²) in [5.74, 6) is 0. The molecule has 5 heteroatoms. The second kappa shape index (κ2) is 4.73. The minimum absolute atomic E-state index is 0.0267. The molecule has 0 unspecified atom stereocenters. The van der Waals surface area contributed by atoms with Gasteiger partial charge in [0.25, 0.3) is 0 Å². The number of halogens is 3. The maximum atomic E-state index is 6.96. The van der Waals surface area contributed by atoms with Gasteiger partial charge in [0.2, 0.25) is 11.4 Å². The highest BCUT2D eigenvalue weighted by Crippen LogP contribution is 2.48. The Morgan fingerprint density at radius 1 is 0.933 bits per heavy atom. The predicted octanol–water partition coefficient (Wildman–Crippen LogP) is 5.31. The van der Waals surface area contributed by atoms with E-state index in [-0.39, 0.29) is 26.4 Å². The van der Waals surface area contributed by atoms with Gasteiger partial charge >= 0.3 is 0 Å². The highest BCUT2D eigenvalue weighted by Gasteiger charge is 2.20. The lowest BCUT2D eigenvalue weighted by molar-refractivity contribution is 1.14. The molecule has 2 nitrogen and oxygen atoms in total. The van der Waals surface area contributed by atoms with E-state index in [2.05, 4.69) is 9.69 Å². The van der Waals surface area contributed by atoms with E-state index in [0.717, 1.165) is 0 Å². The van der Waals surface area contributed by atoms with Gasteiger partial charge in [-0.1, -0.05) is 41.7 Å². The molecule has 0 heterocycles. The number of hydrogen-bond acceptors (Lipinski definition) is 0. The lowest BCUT2D eigenvalue weighted by Gasteiger charge is -2.10. The first-order chi connectivity index (χ1) is 7.08. The fourth-order valence-electron chi connectivity index (χ4n) is 1.20. The monoisotopic (exact) mass is 258 g/mol. The highest BCUT2D eigenvalue weighted by molar-refractivity contribution is 6.47. The number of hydrogen-bond donors (Lipinski definition) is 0. The Hall–Kier alpha value is -0.930. The number of benzene rings is 1. The predicted molar refractivity (Wildman–Crippen MR) is 63.4 cm³/mol. The lowest BCUT2D eigenvalue weighted by atomic mass is 10.1. The first-order valence-electron chi connectivity index (χ1n) is 4.02. The van der Waals surface area contributed by atoms with Crippen LogP contribution >= 0.6 is 34.8 Å². The van der Waals surface area contributed by atoms with Crippen LogP contribution in [0.5, 0.6) is 0 Å². The third-order valence-corrected chi connectivity index (χ3v) is 3.23. The van der Waals surface area contributed by atoms with E-state index in [1.807, 2.05) is 6.92 Å². The molecule has 1 rings (SSSR count). The smallest absolute Gasteiger partial charge is 0.215 e. The summed E-state index contributed by atoms with van der Waals surface area (Å²) in [4.78, 5) is 6.39. The largest absolute Gasteiger partial charge is 0.248 e. The summed E-state index contributed by atoms with van der Waals surface area (Å²) in [6.07, 6.45) is 0.568. The molecule has 0 saturated carbocycles. The van der Waals surface area contributed by atoms with Gasteiger partial charge in [0.1, 0.15) is 0 Å². The summed E-state index contributed by atoms with van der Waals surface area (Å²) in [5, 5.41) is 0.606. The standard InChI is InChI=1S/C10H5Cl3N2/c1-4-5-6(11)8(13)10(15-3)9(14-2)7(5)12/h4H2,1H3. The SMILES string of the molecule is [C-]#[N+]c1c(Cl)c(Cl)c(CC)c(Cl)c1[N+]#[C-]. The molecule has 0 aromatic heterocycles. The average molecular weight is 260 g/mol. The van der Waals surface area contributed by atoms with Crippen molar-refractivity contribution in [2.45, 2.75) is 13.3 Å². The summed E-state index contributed by atoms with van der Waals surface area (Å²) in [5.41, 5.74) is 0.721. The molecule has 1 aromatic rings. The molecule has 0 aliphatic heterocycles. The molecule has 0 aliphatic rings. The Morgan fingerprint density at radius 3 is 1.80 bits per heavy atom. The first kappa shape index (κ1) is 12.1. The van der Waals surface area contributed by atoms with E-state index < -0.39 is 0 Å². The number of nitrogens with zero attached hydrogens (tertiary/aromatic N) is 2. The molecule has 0 saturated heterocycles. The third-order valence-electron chi connectivity index (χ3n) is 1.94. The van der Waals surface area contributed by atoms with Crippen LogP contribution < -0.4 is 0 Å². The topological polar surface area (TPSA) is 8.72 Å². The molecule has 76 valence electrons. The molecule has 0 radical (unpaired) electrons. The lowest BCUT2D eigenvalue weighted by Crippen LogP contribution is -1.86. The molecule has 0 aliphatic carbocycles. The molecule has 0 atom stereocenters. The van der Waals surface area contributed by atoms with Gasteiger partial charge in [0, 0.05) is 5.02 Å². The van der Waals surface area contributed by atoms with Gasteiger partial charge in [0.15, 0.2) is 0 Å². The number of rotatable bonds is 1. The molecule has 0 spiro atoms. The van der Waals surface area contributed by atoms with Crippen molar-refractivity contribution < 1.29 is 0 Å². The van der Waals surface area contributed by atoms with E-state index in [0.29, 0.717) is 12.0 Å². The Labute approximate surface area is 103 Å². The van der Waals surface area contributed by atoms with Gasteiger partial charge in [-0.25, -0.2) is 9.69 Å². The normalized spacial score (nSPS) is 9.47. The molecular weight excluding hydrogens is 254 g/mol. The zero-order chi connectivity index (χ0) is 11.6. The zero-order valence-corrected chi connectivity index (χ0v) is 10.0. The van der Waals surface area contributed by atoms with Crippen LogP contribution in [0.4, 0.5) is 11.4 Å². The Bertz CT molecular complexity index is 491. The summed E-state index contributed by atoms with van der Waals surface area (Å²) >= 11 is 17.8. The van der Waals surface area contributed by atoms with E-state index >= 15 is 0 Å². The van der Waals surface area contributed by atoms with Gasteiger partial charge in [0.05, 0.1) is 23.2 Å². The van der Waals surface area contributed by atoms with E-state index in [1.54, 1.807) is 0 Å². The third kappa shape index (κ3) is 1.90. The summed E-state index contributed by atoms with van der Waals surface area (Å²) in [6.45, 7) is 15.7. The van der Waals surface area contributed by atoms with E-state index in [9.17, 15) is 0 Å². The van der Waals surface area contributed by atoms with E-state index in [4.69, 9.17) is 47.9 Å². The van der Waals surface area contributed by atoms with Crippen LogP contribution in [-0.4, -0.2) is 0 Å². The van der Waals surface area contributed by atoms with Crippen LogP contribution in [0.15, 0.2) is 0 Å². The summed E-state index contributed by atoms with van der Waals surface area (Å²) in [7, 11) is 0. The molecule has 1 aromatic carbocycles. The minimum atomic E-state index is 0.0267. The van der Waals surface area contributed by atoms with Gasteiger partial charge < -0.3 is 0 Å². The maximum Gasteiger partial charge on any atom is 0.215 e.